The van der Waals surface area contributed by atoms with Gasteiger partial charge < -0.3 is 20.1 Å². The van der Waals surface area contributed by atoms with E-state index < -0.39 is 0 Å². The van der Waals surface area contributed by atoms with Crippen molar-refractivity contribution in [1.29, 1.82) is 5.26 Å². The van der Waals surface area contributed by atoms with Crippen LogP contribution in [0.15, 0.2) is 36.7 Å². The summed E-state index contributed by atoms with van der Waals surface area (Å²) in [6.45, 7) is 1.96. The number of methoxy groups -OCH3 is 1. The van der Waals surface area contributed by atoms with E-state index in [0.717, 1.165) is 42.9 Å². The highest BCUT2D eigenvalue weighted by Gasteiger charge is 2.16. The molecular formula is C20H21N7O2. The van der Waals surface area contributed by atoms with Gasteiger partial charge >= 0.3 is 0 Å². The summed E-state index contributed by atoms with van der Waals surface area (Å²) in [5.74, 6) is 2.57. The molecule has 0 radical (unpaired) electrons. The molecule has 0 spiro atoms. The summed E-state index contributed by atoms with van der Waals surface area (Å²) < 4.78 is 11.7. The minimum Gasteiger partial charge on any atom is -0.496 e. The van der Waals surface area contributed by atoms with E-state index in [1.165, 1.54) is 12.4 Å². The highest BCUT2D eigenvalue weighted by Crippen LogP contribution is 2.34. The molecule has 0 amide bonds. The summed E-state index contributed by atoms with van der Waals surface area (Å²) in [7, 11) is 1.63. The molecule has 1 saturated heterocycles. The molecule has 148 valence electrons. The van der Waals surface area contributed by atoms with Gasteiger partial charge in [0.1, 0.15) is 29.5 Å². The summed E-state index contributed by atoms with van der Waals surface area (Å²) in [4.78, 5) is 8.11. The van der Waals surface area contributed by atoms with Gasteiger partial charge in [0.15, 0.2) is 11.5 Å². The summed E-state index contributed by atoms with van der Waals surface area (Å²) >= 11 is 0. The van der Waals surface area contributed by atoms with E-state index in [0.29, 0.717) is 17.4 Å². The van der Waals surface area contributed by atoms with Crippen molar-refractivity contribution in [3.63, 3.8) is 0 Å². The molecule has 3 heterocycles. The lowest BCUT2D eigenvalue weighted by molar-refractivity contribution is 0.162. The summed E-state index contributed by atoms with van der Waals surface area (Å²) in [6, 6.07) is 9.59. The van der Waals surface area contributed by atoms with Gasteiger partial charge in [-0.3, -0.25) is 5.10 Å². The van der Waals surface area contributed by atoms with Crippen LogP contribution in [0.4, 0.5) is 11.6 Å². The molecule has 29 heavy (non-hydrogen) atoms. The molecule has 1 fully saturated rings. The molecule has 4 rings (SSSR count). The van der Waals surface area contributed by atoms with Gasteiger partial charge in [0, 0.05) is 17.7 Å². The Kier molecular flexibility index (Phi) is 5.54. The first-order valence-corrected chi connectivity index (χ1v) is 9.35. The highest BCUT2D eigenvalue weighted by molar-refractivity contribution is 5.71. The van der Waals surface area contributed by atoms with Crippen molar-refractivity contribution in [2.75, 3.05) is 25.5 Å². The number of anilines is 2. The van der Waals surface area contributed by atoms with Crippen molar-refractivity contribution < 1.29 is 9.47 Å². The number of ether oxygens (including phenoxy) is 2. The van der Waals surface area contributed by atoms with Crippen LogP contribution in [0.5, 0.6) is 11.5 Å². The second-order valence-corrected chi connectivity index (χ2v) is 6.62. The lowest BCUT2D eigenvalue weighted by atomic mass is 10.1. The minimum absolute atomic E-state index is 0.225. The Morgan fingerprint density at radius 3 is 2.72 bits per heavy atom. The third-order valence-electron chi connectivity index (χ3n) is 4.65. The van der Waals surface area contributed by atoms with Crippen molar-refractivity contribution in [3.05, 3.63) is 42.4 Å². The van der Waals surface area contributed by atoms with E-state index in [4.69, 9.17) is 14.7 Å². The van der Waals surface area contributed by atoms with Crippen LogP contribution in [0.2, 0.25) is 0 Å². The zero-order valence-electron chi connectivity index (χ0n) is 16.0. The zero-order chi connectivity index (χ0) is 20.1. The fourth-order valence-electron chi connectivity index (χ4n) is 3.18. The first-order valence-electron chi connectivity index (χ1n) is 9.35. The normalized spacial score (nSPS) is 14.2. The SMILES string of the molecule is COc1cc(OC2CCNCC2)ccc1-c1cc(Nc2cnc(C#N)cn2)n[nH]1. The van der Waals surface area contributed by atoms with Gasteiger partial charge in [-0.2, -0.15) is 10.4 Å². The Labute approximate surface area is 168 Å². The van der Waals surface area contributed by atoms with Crippen LogP contribution in [-0.2, 0) is 0 Å². The quantitative estimate of drug-likeness (QED) is 0.586. The second-order valence-electron chi connectivity index (χ2n) is 6.62. The molecule has 9 heteroatoms. The third kappa shape index (κ3) is 4.44. The first kappa shape index (κ1) is 18.7. The standard InChI is InChI=1S/C20H21N7O2/c1-28-18-8-15(29-14-4-6-22-7-5-14)2-3-16(18)17-9-19(27-26-17)25-20-12-23-13(10-21)11-24-20/h2-3,8-9,11-12,14,22H,4-7H2,1H3,(H2,24,25,26,27). The Morgan fingerprint density at radius 2 is 2.00 bits per heavy atom. The zero-order valence-corrected chi connectivity index (χ0v) is 16.0. The van der Waals surface area contributed by atoms with E-state index in [1.807, 2.05) is 30.3 Å². The van der Waals surface area contributed by atoms with Crippen molar-refractivity contribution in [2.24, 2.45) is 0 Å². The Morgan fingerprint density at radius 1 is 1.14 bits per heavy atom. The molecule has 1 aliphatic rings. The smallest absolute Gasteiger partial charge is 0.158 e. The maximum absolute atomic E-state index is 8.79. The number of aromatic nitrogens is 4. The van der Waals surface area contributed by atoms with Gasteiger partial charge in [0.25, 0.3) is 0 Å². The number of benzene rings is 1. The molecule has 1 aliphatic heterocycles. The fraction of sp³-hybridized carbons (Fsp3) is 0.300. The van der Waals surface area contributed by atoms with Gasteiger partial charge in [-0.25, -0.2) is 9.97 Å². The van der Waals surface area contributed by atoms with Gasteiger partial charge in [0.2, 0.25) is 0 Å². The fourth-order valence-corrected chi connectivity index (χ4v) is 3.18. The van der Waals surface area contributed by atoms with Gasteiger partial charge in [-0.1, -0.05) is 0 Å². The van der Waals surface area contributed by atoms with E-state index in [-0.39, 0.29) is 11.8 Å². The number of nitriles is 1. The van der Waals surface area contributed by atoms with Crippen LogP contribution >= 0.6 is 0 Å². The molecule has 0 aliphatic carbocycles. The predicted molar refractivity (Wildman–Crippen MR) is 107 cm³/mol. The van der Waals surface area contributed by atoms with Gasteiger partial charge in [-0.05, 0) is 38.1 Å². The number of nitrogens with zero attached hydrogens (tertiary/aromatic N) is 4. The number of rotatable bonds is 6. The number of H-pyrrole nitrogens is 1. The molecule has 3 aromatic rings. The van der Waals surface area contributed by atoms with E-state index in [1.54, 1.807) is 7.11 Å². The van der Waals surface area contributed by atoms with Crippen molar-refractivity contribution in [1.82, 2.24) is 25.5 Å². The maximum Gasteiger partial charge on any atom is 0.158 e. The molecular weight excluding hydrogens is 370 g/mol. The number of piperidine rings is 1. The molecule has 0 unspecified atom stereocenters. The maximum atomic E-state index is 8.79. The summed E-state index contributed by atoms with van der Waals surface area (Å²) in [6.07, 6.45) is 5.11. The highest BCUT2D eigenvalue weighted by atomic mass is 16.5. The van der Waals surface area contributed by atoms with Crippen molar-refractivity contribution >= 4 is 11.6 Å². The lowest BCUT2D eigenvalue weighted by Gasteiger charge is -2.24. The Balaban J connectivity index is 1.49. The van der Waals surface area contributed by atoms with Crippen LogP contribution in [0.1, 0.15) is 18.5 Å². The minimum atomic E-state index is 0.225. The summed E-state index contributed by atoms with van der Waals surface area (Å²) in [5.41, 5.74) is 1.92. The average Bonchev–Trinajstić information content (AvgIpc) is 3.23. The van der Waals surface area contributed by atoms with E-state index in [2.05, 4.69) is 30.8 Å². The molecule has 0 saturated carbocycles. The van der Waals surface area contributed by atoms with Crippen LogP contribution < -0.4 is 20.1 Å². The molecule has 0 atom stereocenters. The van der Waals surface area contributed by atoms with Gasteiger partial charge in [0.05, 0.1) is 25.2 Å². The first-order chi connectivity index (χ1) is 14.2. The molecule has 3 N–H and O–H groups in total. The van der Waals surface area contributed by atoms with E-state index in [9.17, 15) is 0 Å². The third-order valence-corrected chi connectivity index (χ3v) is 4.65. The van der Waals surface area contributed by atoms with Crippen LogP contribution in [0.3, 0.4) is 0 Å². The lowest BCUT2D eigenvalue weighted by Crippen LogP contribution is -2.34. The molecule has 9 nitrogen and oxygen atoms in total. The van der Waals surface area contributed by atoms with Crippen molar-refractivity contribution in [2.45, 2.75) is 18.9 Å². The predicted octanol–water partition coefficient (Wildman–Crippen LogP) is 2.62. The molecule has 0 bridgehead atoms. The summed E-state index contributed by atoms with van der Waals surface area (Å²) in [5, 5.41) is 22.4. The number of hydrogen-bond donors (Lipinski definition) is 3. The molecule has 1 aromatic carbocycles. The number of hydrogen-bond acceptors (Lipinski definition) is 8. The van der Waals surface area contributed by atoms with Crippen LogP contribution in [0.25, 0.3) is 11.3 Å². The Hall–Kier alpha value is -3.64. The van der Waals surface area contributed by atoms with E-state index >= 15 is 0 Å². The monoisotopic (exact) mass is 391 g/mol. The topological polar surface area (TPSA) is 121 Å². The average molecular weight is 391 g/mol. The largest absolute Gasteiger partial charge is 0.496 e. The number of aromatic amines is 1. The van der Waals surface area contributed by atoms with Crippen molar-refractivity contribution in [3.8, 4) is 28.8 Å². The van der Waals surface area contributed by atoms with Gasteiger partial charge in [-0.15, -0.1) is 0 Å². The second kappa shape index (κ2) is 8.58. The van der Waals surface area contributed by atoms with Crippen LogP contribution in [0, 0.1) is 11.3 Å². The number of nitrogens with one attached hydrogen (secondary N) is 3. The molecule has 2 aromatic heterocycles. The van der Waals surface area contributed by atoms with Crippen LogP contribution in [-0.4, -0.2) is 46.5 Å². The Bertz CT molecular complexity index is 1000.